The molecule has 7 heteroatoms. The van der Waals surface area contributed by atoms with Gasteiger partial charge in [0.25, 0.3) is 5.91 Å². The Morgan fingerprint density at radius 2 is 1.73 bits per heavy atom. The number of benzene rings is 2. The minimum Gasteiger partial charge on any atom is -0.483 e. The minimum absolute atomic E-state index is 0.00499. The first-order chi connectivity index (χ1) is 15.4. The number of carbonyl (C=O) groups excluding carboxylic acids is 2. The average Bonchev–Trinajstić information content (AvgIpc) is 2.74. The van der Waals surface area contributed by atoms with E-state index in [0.29, 0.717) is 23.2 Å². The van der Waals surface area contributed by atoms with Crippen LogP contribution in [0.2, 0.25) is 5.02 Å². The van der Waals surface area contributed by atoms with Crippen LogP contribution in [0.3, 0.4) is 0 Å². The van der Waals surface area contributed by atoms with E-state index in [1.807, 2.05) is 44.2 Å². The van der Waals surface area contributed by atoms with Crippen LogP contribution in [0.15, 0.2) is 46.9 Å². The molecule has 0 fully saturated rings. The number of carbonyl (C=O) groups is 2. The molecule has 180 valence electrons. The molecular formula is C26H34BrClN2O3. The van der Waals surface area contributed by atoms with Gasteiger partial charge < -0.3 is 15.0 Å². The predicted molar refractivity (Wildman–Crippen MR) is 138 cm³/mol. The van der Waals surface area contributed by atoms with Crippen molar-refractivity contribution >= 4 is 39.3 Å². The monoisotopic (exact) mass is 536 g/mol. The fraction of sp³-hybridized carbons (Fsp3) is 0.462. The summed E-state index contributed by atoms with van der Waals surface area (Å²) in [7, 11) is 0. The van der Waals surface area contributed by atoms with E-state index in [1.165, 1.54) is 4.90 Å². The molecule has 0 bridgehead atoms. The number of rotatable bonds is 9. The summed E-state index contributed by atoms with van der Waals surface area (Å²) in [5.74, 6) is 0.434. The van der Waals surface area contributed by atoms with E-state index in [1.54, 1.807) is 19.1 Å². The molecule has 0 heterocycles. The number of amides is 2. The normalized spacial score (nSPS) is 12.4. The molecular weight excluding hydrogens is 504 g/mol. The molecule has 2 aromatic rings. The van der Waals surface area contributed by atoms with Crippen molar-refractivity contribution in [2.75, 3.05) is 13.2 Å². The Balaban J connectivity index is 2.16. The first kappa shape index (κ1) is 27.2. The third kappa shape index (κ3) is 8.35. The lowest BCUT2D eigenvalue weighted by Crippen LogP contribution is -2.49. The van der Waals surface area contributed by atoms with Crippen molar-refractivity contribution in [3.05, 3.63) is 63.1 Å². The van der Waals surface area contributed by atoms with Crippen molar-refractivity contribution in [3.63, 3.8) is 0 Å². The number of hydrogen-bond acceptors (Lipinski definition) is 3. The fourth-order valence-electron chi connectivity index (χ4n) is 3.13. The van der Waals surface area contributed by atoms with Gasteiger partial charge in [-0.25, -0.2) is 0 Å². The first-order valence-corrected chi connectivity index (χ1v) is 12.3. The number of ether oxygens (including phenoxy) is 1. The van der Waals surface area contributed by atoms with E-state index < -0.39 is 6.04 Å². The number of hydrogen-bond donors (Lipinski definition) is 1. The molecule has 33 heavy (non-hydrogen) atoms. The third-order valence-corrected chi connectivity index (χ3v) is 6.14. The molecule has 2 rings (SSSR count). The highest BCUT2D eigenvalue weighted by molar-refractivity contribution is 9.10. The molecule has 1 atom stereocenters. The lowest BCUT2D eigenvalue weighted by atomic mass is 9.87. The van der Waals surface area contributed by atoms with Crippen LogP contribution in [0.1, 0.15) is 52.7 Å². The highest BCUT2D eigenvalue weighted by Crippen LogP contribution is 2.31. The van der Waals surface area contributed by atoms with Crippen LogP contribution in [0, 0.1) is 5.92 Å². The quantitative estimate of drug-likeness (QED) is 0.429. The molecule has 0 aliphatic carbocycles. The largest absolute Gasteiger partial charge is 0.483 e. The average molecular weight is 538 g/mol. The smallest absolute Gasteiger partial charge is 0.261 e. The molecule has 0 spiro atoms. The highest BCUT2D eigenvalue weighted by atomic mass is 79.9. The maximum atomic E-state index is 13.2. The van der Waals surface area contributed by atoms with Gasteiger partial charge in [0.05, 0.1) is 4.47 Å². The maximum Gasteiger partial charge on any atom is 0.261 e. The Morgan fingerprint density at radius 1 is 1.09 bits per heavy atom. The number of halogens is 2. The van der Waals surface area contributed by atoms with Gasteiger partial charge >= 0.3 is 0 Å². The summed E-state index contributed by atoms with van der Waals surface area (Å²) in [6.45, 7) is 12.9. The summed E-state index contributed by atoms with van der Waals surface area (Å²) in [4.78, 5) is 27.5. The van der Waals surface area contributed by atoms with Gasteiger partial charge in [-0.15, -0.1) is 0 Å². The first-order valence-electron chi connectivity index (χ1n) is 11.1. The summed E-state index contributed by atoms with van der Waals surface area (Å²) >= 11 is 9.54. The van der Waals surface area contributed by atoms with Gasteiger partial charge in [0.2, 0.25) is 5.91 Å². The molecule has 0 unspecified atom stereocenters. The van der Waals surface area contributed by atoms with Crippen LogP contribution in [0.5, 0.6) is 5.75 Å². The van der Waals surface area contributed by atoms with Gasteiger partial charge in [-0.3, -0.25) is 9.59 Å². The lowest BCUT2D eigenvalue weighted by Gasteiger charge is -2.29. The summed E-state index contributed by atoms with van der Waals surface area (Å²) in [6.07, 6.45) is 0. The summed E-state index contributed by atoms with van der Waals surface area (Å²) in [5, 5.41) is 3.53. The van der Waals surface area contributed by atoms with Crippen LogP contribution in [0.25, 0.3) is 0 Å². The Labute approximate surface area is 211 Å². The molecule has 0 saturated carbocycles. The van der Waals surface area contributed by atoms with Crippen LogP contribution in [-0.4, -0.2) is 35.9 Å². The lowest BCUT2D eigenvalue weighted by molar-refractivity contribution is -0.142. The molecule has 0 saturated heterocycles. The number of nitrogens with one attached hydrogen (secondary N) is 1. The van der Waals surface area contributed by atoms with Crippen molar-refractivity contribution < 1.29 is 14.3 Å². The van der Waals surface area contributed by atoms with Crippen LogP contribution in [0.4, 0.5) is 0 Å². The molecule has 5 nitrogen and oxygen atoms in total. The Kier molecular flexibility index (Phi) is 9.80. The second-order valence-electron chi connectivity index (χ2n) is 9.65. The van der Waals surface area contributed by atoms with E-state index in [4.69, 9.17) is 16.3 Å². The van der Waals surface area contributed by atoms with E-state index in [0.717, 1.165) is 15.6 Å². The molecule has 2 amide bonds. The Bertz CT molecular complexity index is 955. The summed E-state index contributed by atoms with van der Waals surface area (Å²) in [5.41, 5.74) is 2.05. The zero-order chi connectivity index (χ0) is 24.8. The molecule has 1 N–H and O–H groups in total. The van der Waals surface area contributed by atoms with Crippen molar-refractivity contribution in [2.24, 2.45) is 5.92 Å². The second-order valence-corrected chi connectivity index (χ2v) is 10.9. The molecule has 0 aromatic heterocycles. The maximum absolute atomic E-state index is 13.2. The van der Waals surface area contributed by atoms with E-state index in [2.05, 4.69) is 42.0 Å². The van der Waals surface area contributed by atoms with Gasteiger partial charge in [0.15, 0.2) is 6.61 Å². The van der Waals surface area contributed by atoms with Crippen molar-refractivity contribution in [2.45, 2.75) is 59.5 Å². The Morgan fingerprint density at radius 3 is 2.27 bits per heavy atom. The van der Waals surface area contributed by atoms with Gasteiger partial charge in [-0.2, -0.15) is 0 Å². The Hall–Kier alpha value is -2.05. The fourth-order valence-corrected chi connectivity index (χ4v) is 3.75. The van der Waals surface area contributed by atoms with Crippen molar-refractivity contribution in [1.82, 2.24) is 10.2 Å². The van der Waals surface area contributed by atoms with Crippen LogP contribution < -0.4 is 10.1 Å². The van der Waals surface area contributed by atoms with Gasteiger partial charge in [0.1, 0.15) is 11.8 Å². The summed E-state index contributed by atoms with van der Waals surface area (Å²) in [6, 6.07) is 12.5. The third-order valence-electron chi connectivity index (χ3n) is 5.27. The van der Waals surface area contributed by atoms with Gasteiger partial charge in [-0.05, 0) is 69.6 Å². The number of nitrogens with zero attached hydrogens (tertiary/aromatic N) is 1. The second kappa shape index (κ2) is 11.9. The van der Waals surface area contributed by atoms with Crippen LogP contribution in [-0.2, 0) is 21.5 Å². The standard InChI is InChI=1S/C26H34BrClN2O3/c1-17(2)14-29-25(32)18(3)30(15-19-7-10-21(28)11-8-19)24(31)16-33-23-12-9-20(13-22(23)27)26(4,5)6/h7-13,17-18H,14-16H2,1-6H3,(H,29,32)/t18-/m0/s1. The predicted octanol–water partition coefficient (Wildman–Crippen LogP) is 5.97. The zero-order valence-corrected chi connectivity index (χ0v) is 22.6. The van der Waals surface area contributed by atoms with Gasteiger partial charge in [-0.1, -0.05) is 64.4 Å². The summed E-state index contributed by atoms with van der Waals surface area (Å²) < 4.78 is 6.63. The van der Waals surface area contributed by atoms with Crippen molar-refractivity contribution in [3.8, 4) is 5.75 Å². The molecule has 0 radical (unpaired) electrons. The topological polar surface area (TPSA) is 58.6 Å². The van der Waals surface area contributed by atoms with E-state index in [9.17, 15) is 9.59 Å². The highest BCUT2D eigenvalue weighted by Gasteiger charge is 2.27. The van der Waals surface area contributed by atoms with E-state index >= 15 is 0 Å². The molecule has 0 aliphatic rings. The SMILES string of the molecule is CC(C)CNC(=O)[C@H](C)N(Cc1ccc(Cl)cc1)C(=O)COc1ccc(C(C)(C)C)cc1Br. The van der Waals surface area contributed by atoms with Crippen molar-refractivity contribution in [1.29, 1.82) is 0 Å². The molecule has 2 aromatic carbocycles. The van der Waals surface area contributed by atoms with Crippen LogP contribution >= 0.6 is 27.5 Å². The minimum atomic E-state index is -0.651. The van der Waals surface area contributed by atoms with Gasteiger partial charge in [0, 0.05) is 18.1 Å². The van der Waals surface area contributed by atoms with E-state index in [-0.39, 0.29) is 30.4 Å². The zero-order valence-electron chi connectivity index (χ0n) is 20.2. The molecule has 0 aliphatic heterocycles.